The normalized spacial score (nSPS) is 22.9. The Kier molecular flexibility index (Phi) is 5.71. The number of aromatic nitrogens is 2. The zero-order valence-electron chi connectivity index (χ0n) is 15.2. The molecule has 2 aliphatic heterocycles. The largest absolute Gasteiger partial charge is 0.378 e. The molecule has 6 nitrogen and oxygen atoms in total. The van der Waals surface area contributed by atoms with Crippen LogP contribution in [-0.2, 0) is 9.47 Å². The molecular weight excluding hydrogens is 316 g/mol. The molecule has 136 valence electrons. The lowest BCUT2D eigenvalue weighted by Crippen LogP contribution is -2.37. The molecule has 2 fully saturated rings. The van der Waals surface area contributed by atoms with E-state index in [-0.39, 0.29) is 12.0 Å². The Hall–Kier alpha value is -1.92. The van der Waals surface area contributed by atoms with Crippen molar-refractivity contribution in [2.45, 2.75) is 32.8 Å². The van der Waals surface area contributed by atoms with Gasteiger partial charge in [0.05, 0.1) is 18.9 Å². The predicted molar refractivity (Wildman–Crippen MR) is 98.6 cm³/mol. The van der Waals surface area contributed by atoms with E-state index < -0.39 is 0 Å². The van der Waals surface area contributed by atoms with Gasteiger partial charge in [0, 0.05) is 37.0 Å². The summed E-state index contributed by atoms with van der Waals surface area (Å²) < 4.78 is 13.3. The quantitative estimate of drug-likeness (QED) is 0.806. The van der Waals surface area contributed by atoms with Crippen molar-refractivity contribution in [2.75, 3.05) is 32.9 Å². The van der Waals surface area contributed by atoms with E-state index in [1.807, 2.05) is 11.6 Å². The van der Waals surface area contributed by atoms with Gasteiger partial charge >= 0.3 is 0 Å². The summed E-state index contributed by atoms with van der Waals surface area (Å²) in [5, 5.41) is 12.9. The minimum Gasteiger partial charge on any atom is -0.378 e. The smallest absolute Gasteiger partial charge is 0.127 e. The molecule has 0 amide bonds. The highest BCUT2D eigenvalue weighted by Crippen LogP contribution is 2.29. The van der Waals surface area contributed by atoms with Crippen LogP contribution in [0.2, 0.25) is 0 Å². The molecule has 25 heavy (non-hydrogen) atoms. The molecule has 0 saturated carbocycles. The Labute approximate surface area is 149 Å². The average Bonchev–Trinajstić information content (AvgIpc) is 3.29. The van der Waals surface area contributed by atoms with Crippen LogP contribution in [-0.4, -0.2) is 53.3 Å². The Morgan fingerprint density at radius 1 is 1.40 bits per heavy atom. The van der Waals surface area contributed by atoms with Crippen molar-refractivity contribution in [1.29, 1.82) is 5.41 Å². The van der Waals surface area contributed by atoms with Gasteiger partial charge in [0.25, 0.3) is 0 Å². The Balaban J connectivity index is 1.94. The second-order valence-electron chi connectivity index (χ2n) is 6.70. The van der Waals surface area contributed by atoms with Gasteiger partial charge in [-0.2, -0.15) is 5.10 Å². The van der Waals surface area contributed by atoms with Crippen LogP contribution in [0.4, 0.5) is 0 Å². The van der Waals surface area contributed by atoms with E-state index in [4.69, 9.17) is 20.0 Å². The van der Waals surface area contributed by atoms with Crippen molar-refractivity contribution in [3.8, 4) is 0 Å². The van der Waals surface area contributed by atoms with Gasteiger partial charge in [0.15, 0.2) is 0 Å². The third-order valence-electron chi connectivity index (χ3n) is 4.83. The summed E-state index contributed by atoms with van der Waals surface area (Å²) in [7, 11) is 0. The van der Waals surface area contributed by atoms with Crippen molar-refractivity contribution < 1.29 is 9.47 Å². The molecule has 1 aromatic heterocycles. The van der Waals surface area contributed by atoms with Gasteiger partial charge in [-0.05, 0) is 38.0 Å². The molecule has 2 atom stereocenters. The third kappa shape index (κ3) is 4.02. The highest BCUT2D eigenvalue weighted by Gasteiger charge is 2.24. The van der Waals surface area contributed by atoms with Gasteiger partial charge < -0.3 is 19.8 Å². The number of aryl methyl sites for hydroxylation is 1. The summed E-state index contributed by atoms with van der Waals surface area (Å²) in [6.45, 7) is 11.7. The molecule has 0 aromatic carbocycles. The molecule has 0 spiro atoms. The molecule has 1 N–H and O–H groups in total. The number of ether oxygens (including phenoxy) is 2. The highest BCUT2D eigenvalue weighted by molar-refractivity contribution is 5.95. The summed E-state index contributed by atoms with van der Waals surface area (Å²) in [5.41, 5.74) is 2.59. The van der Waals surface area contributed by atoms with Crippen molar-refractivity contribution in [3.05, 3.63) is 36.2 Å². The monoisotopic (exact) mass is 344 g/mol. The van der Waals surface area contributed by atoms with Crippen LogP contribution in [0, 0.1) is 18.3 Å². The first-order valence-corrected chi connectivity index (χ1v) is 9.04. The standard InChI is InChI=1S/C19H28N4O2/c1-4-16(20)14(2)12-19(22-7-10-24-11-8-22)23-15(3)13-17(21-23)18-6-5-9-25-18/h4,12-14,18,20H,1,5-11H2,2-3H3/b19-12-,20-16?. The predicted octanol–water partition coefficient (Wildman–Crippen LogP) is 3.02. The number of nitrogens with one attached hydrogen (secondary N) is 1. The van der Waals surface area contributed by atoms with Gasteiger partial charge in [0.2, 0.25) is 0 Å². The first-order chi connectivity index (χ1) is 12.1. The van der Waals surface area contributed by atoms with Crippen LogP contribution in [0.15, 0.2) is 24.8 Å². The van der Waals surface area contributed by atoms with Crippen LogP contribution in [0.25, 0.3) is 5.82 Å². The van der Waals surface area contributed by atoms with E-state index in [9.17, 15) is 0 Å². The Morgan fingerprint density at radius 3 is 2.80 bits per heavy atom. The SMILES string of the molecule is C=CC(=N)C(C)/C=C(/N1CCOCC1)n1nc(C2CCCO2)cc1C. The fourth-order valence-electron chi connectivity index (χ4n) is 3.30. The number of allylic oxidation sites excluding steroid dienone is 2. The van der Waals surface area contributed by atoms with E-state index in [0.29, 0.717) is 18.9 Å². The summed E-state index contributed by atoms with van der Waals surface area (Å²) in [5.74, 6) is 0.995. The van der Waals surface area contributed by atoms with E-state index in [0.717, 1.165) is 49.7 Å². The average molecular weight is 344 g/mol. The molecule has 3 rings (SSSR count). The first kappa shape index (κ1) is 17.9. The molecule has 2 unspecified atom stereocenters. The second kappa shape index (κ2) is 7.97. The summed E-state index contributed by atoms with van der Waals surface area (Å²) in [4.78, 5) is 2.29. The zero-order chi connectivity index (χ0) is 17.8. The van der Waals surface area contributed by atoms with Gasteiger partial charge in [-0.3, -0.25) is 0 Å². The molecule has 0 bridgehead atoms. The topological polar surface area (TPSA) is 63.4 Å². The van der Waals surface area contributed by atoms with E-state index in [1.54, 1.807) is 6.08 Å². The summed E-state index contributed by atoms with van der Waals surface area (Å²) >= 11 is 0. The lowest BCUT2D eigenvalue weighted by atomic mass is 10.1. The Morgan fingerprint density at radius 2 is 2.16 bits per heavy atom. The van der Waals surface area contributed by atoms with Gasteiger partial charge in [-0.15, -0.1) is 0 Å². The van der Waals surface area contributed by atoms with E-state index >= 15 is 0 Å². The maximum Gasteiger partial charge on any atom is 0.127 e. The first-order valence-electron chi connectivity index (χ1n) is 9.04. The zero-order valence-corrected chi connectivity index (χ0v) is 15.2. The van der Waals surface area contributed by atoms with Crippen LogP contribution < -0.4 is 0 Å². The van der Waals surface area contributed by atoms with Crippen molar-refractivity contribution in [1.82, 2.24) is 14.7 Å². The van der Waals surface area contributed by atoms with Gasteiger partial charge in [0.1, 0.15) is 11.9 Å². The molecule has 1 aromatic rings. The van der Waals surface area contributed by atoms with Crippen molar-refractivity contribution >= 4 is 11.5 Å². The van der Waals surface area contributed by atoms with Gasteiger partial charge in [-0.25, -0.2) is 4.68 Å². The van der Waals surface area contributed by atoms with E-state index in [2.05, 4.69) is 30.5 Å². The van der Waals surface area contributed by atoms with E-state index in [1.165, 1.54) is 0 Å². The molecule has 2 saturated heterocycles. The molecule has 3 heterocycles. The molecule has 0 aliphatic carbocycles. The van der Waals surface area contributed by atoms with Crippen molar-refractivity contribution in [3.63, 3.8) is 0 Å². The molecular formula is C19H28N4O2. The molecule has 0 radical (unpaired) electrons. The van der Waals surface area contributed by atoms with Crippen LogP contribution in [0.3, 0.4) is 0 Å². The maximum atomic E-state index is 8.05. The Bertz CT molecular complexity index is 652. The van der Waals surface area contributed by atoms with Crippen molar-refractivity contribution in [2.24, 2.45) is 5.92 Å². The summed E-state index contributed by atoms with van der Waals surface area (Å²) in [6.07, 6.45) is 5.94. The number of hydrogen-bond acceptors (Lipinski definition) is 5. The maximum absolute atomic E-state index is 8.05. The lowest BCUT2D eigenvalue weighted by molar-refractivity contribution is 0.0608. The number of nitrogens with zero attached hydrogens (tertiary/aromatic N) is 3. The highest BCUT2D eigenvalue weighted by atomic mass is 16.5. The molecule has 6 heteroatoms. The van der Waals surface area contributed by atoms with Crippen LogP contribution >= 0.6 is 0 Å². The minimum absolute atomic E-state index is 0.0230. The number of morpholine rings is 1. The van der Waals surface area contributed by atoms with Gasteiger partial charge in [-0.1, -0.05) is 13.5 Å². The number of rotatable bonds is 6. The van der Waals surface area contributed by atoms with Crippen LogP contribution in [0.1, 0.15) is 37.3 Å². The van der Waals surface area contributed by atoms with Crippen LogP contribution in [0.5, 0.6) is 0 Å². The third-order valence-corrected chi connectivity index (χ3v) is 4.83. The summed E-state index contributed by atoms with van der Waals surface area (Å²) in [6, 6.07) is 2.12. The fraction of sp³-hybridized carbons (Fsp3) is 0.579. The number of hydrogen-bond donors (Lipinski definition) is 1. The second-order valence-corrected chi connectivity index (χ2v) is 6.70. The lowest BCUT2D eigenvalue weighted by Gasteiger charge is -2.32. The minimum atomic E-state index is -0.0230. The molecule has 2 aliphatic rings. The fourth-order valence-corrected chi connectivity index (χ4v) is 3.30.